The van der Waals surface area contributed by atoms with Crippen molar-refractivity contribution in [3.8, 4) is 5.75 Å². The molecule has 0 fully saturated rings. The summed E-state index contributed by atoms with van der Waals surface area (Å²) in [5, 5.41) is 15.5. The van der Waals surface area contributed by atoms with Crippen molar-refractivity contribution in [1.82, 2.24) is 15.5 Å². The second-order valence-electron chi connectivity index (χ2n) is 7.80. The Morgan fingerprint density at radius 3 is 2.10 bits per heavy atom. The molecule has 31 heavy (non-hydrogen) atoms. The minimum atomic E-state index is -0.153. The van der Waals surface area contributed by atoms with Gasteiger partial charge in [0.2, 0.25) is 0 Å². The van der Waals surface area contributed by atoms with Crippen molar-refractivity contribution in [3.63, 3.8) is 0 Å². The molecule has 3 N–H and O–H groups in total. The molecule has 0 bridgehead atoms. The Balaban J connectivity index is 1.54. The summed E-state index contributed by atoms with van der Waals surface area (Å²) in [5.74, 6) is 0.258. The fourth-order valence-electron chi connectivity index (χ4n) is 3.53. The Labute approximate surface area is 184 Å². The number of nitrogens with one attached hydrogen (secondary N) is 2. The number of phenolic OH excluding ortho intramolecular Hbond substituents is 1. The van der Waals surface area contributed by atoms with Gasteiger partial charge in [-0.25, -0.2) is 4.79 Å². The van der Waals surface area contributed by atoms with E-state index in [4.69, 9.17) is 0 Å². The van der Waals surface area contributed by atoms with E-state index >= 15 is 0 Å². The highest BCUT2D eigenvalue weighted by Gasteiger charge is 2.17. The number of nitrogens with zero attached hydrogens (tertiary/aromatic N) is 1. The minimum Gasteiger partial charge on any atom is -0.508 e. The van der Waals surface area contributed by atoms with E-state index in [1.807, 2.05) is 48.5 Å². The summed E-state index contributed by atoms with van der Waals surface area (Å²) in [5.41, 5.74) is 3.55. The molecule has 1 atom stereocenters. The van der Waals surface area contributed by atoms with Gasteiger partial charge < -0.3 is 15.7 Å². The van der Waals surface area contributed by atoms with Crippen molar-refractivity contribution in [3.05, 3.63) is 102 Å². The zero-order valence-corrected chi connectivity index (χ0v) is 18.0. The lowest BCUT2D eigenvalue weighted by Gasteiger charge is -2.29. The molecule has 0 saturated carbocycles. The molecule has 2 amide bonds. The van der Waals surface area contributed by atoms with Crippen molar-refractivity contribution < 1.29 is 9.90 Å². The van der Waals surface area contributed by atoms with Crippen molar-refractivity contribution in [1.29, 1.82) is 0 Å². The molecule has 0 saturated heterocycles. The smallest absolute Gasteiger partial charge is 0.314 e. The van der Waals surface area contributed by atoms with Crippen LogP contribution in [0, 0.1) is 0 Å². The number of benzene rings is 3. The van der Waals surface area contributed by atoms with Gasteiger partial charge in [-0.05, 0) is 48.7 Å². The molecule has 3 aromatic rings. The predicted octanol–water partition coefficient (Wildman–Crippen LogP) is 3.98. The van der Waals surface area contributed by atoms with Crippen LogP contribution in [0.4, 0.5) is 4.79 Å². The zero-order valence-electron chi connectivity index (χ0n) is 18.0. The normalized spacial score (nSPS) is 11.8. The number of carbonyl (C=O) groups is 1. The molecule has 162 valence electrons. The fraction of sp³-hybridized carbons (Fsp3) is 0.269. The Hall–Kier alpha value is -3.31. The summed E-state index contributed by atoms with van der Waals surface area (Å²) >= 11 is 0. The van der Waals surface area contributed by atoms with E-state index in [-0.39, 0.29) is 17.8 Å². The van der Waals surface area contributed by atoms with Crippen LogP contribution in [0.5, 0.6) is 5.75 Å². The van der Waals surface area contributed by atoms with E-state index in [0.717, 1.165) is 24.9 Å². The van der Waals surface area contributed by atoms with Crippen molar-refractivity contribution in [2.24, 2.45) is 0 Å². The van der Waals surface area contributed by atoms with Gasteiger partial charge in [0.1, 0.15) is 5.75 Å². The molecule has 0 heterocycles. The highest BCUT2D eigenvalue weighted by Crippen LogP contribution is 2.14. The summed E-state index contributed by atoms with van der Waals surface area (Å²) in [6, 6.07) is 27.7. The summed E-state index contributed by atoms with van der Waals surface area (Å²) in [6.07, 6.45) is 1.58. The summed E-state index contributed by atoms with van der Waals surface area (Å²) in [4.78, 5) is 14.6. The highest BCUT2D eigenvalue weighted by molar-refractivity contribution is 5.73. The molecule has 3 aromatic carbocycles. The van der Waals surface area contributed by atoms with Crippen LogP contribution in [0.3, 0.4) is 0 Å². The first-order valence-electron chi connectivity index (χ1n) is 10.7. The first-order chi connectivity index (χ1) is 15.1. The molecular formula is C26H31N3O2. The lowest BCUT2D eigenvalue weighted by molar-refractivity contribution is 0.214. The minimum absolute atomic E-state index is 0.115. The molecule has 1 unspecified atom stereocenters. The SMILES string of the molecule is CN(Cc1ccccc1)C(CNC(=O)NCCc1ccccc1)Cc1ccc(O)cc1. The number of phenols is 1. The van der Waals surface area contributed by atoms with E-state index in [9.17, 15) is 9.90 Å². The molecule has 0 aliphatic rings. The third kappa shape index (κ3) is 7.79. The number of hydrogen-bond donors (Lipinski definition) is 3. The monoisotopic (exact) mass is 417 g/mol. The third-order valence-electron chi connectivity index (χ3n) is 5.35. The van der Waals surface area contributed by atoms with E-state index in [1.54, 1.807) is 12.1 Å². The van der Waals surface area contributed by atoms with Gasteiger partial charge in [-0.2, -0.15) is 0 Å². The van der Waals surface area contributed by atoms with Crippen molar-refractivity contribution in [2.75, 3.05) is 20.1 Å². The molecule has 3 rings (SSSR count). The summed E-state index contributed by atoms with van der Waals surface area (Å²) in [7, 11) is 2.08. The maximum Gasteiger partial charge on any atom is 0.314 e. The largest absolute Gasteiger partial charge is 0.508 e. The molecular weight excluding hydrogens is 386 g/mol. The highest BCUT2D eigenvalue weighted by atomic mass is 16.3. The Morgan fingerprint density at radius 2 is 1.45 bits per heavy atom. The van der Waals surface area contributed by atoms with Gasteiger partial charge in [0, 0.05) is 25.7 Å². The fourth-order valence-corrected chi connectivity index (χ4v) is 3.53. The average molecular weight is 418 g/mol. The maximum absolute atomic E-state index is 12.3. The molecule has 5 nitrogen and oxygen atoms in total. The van der Waals surface area contributed by atoms with Gasteiger partial charge in [0.05, 0.1) is 0 Å². The molecule has 0 spiro atoms. The van der Waals surface area contributed by atoms with Crippen LogP contribution in [0.2, 0.25) is 0 Å². The van der Waals surface area contributed by atoms with Crippen molar-refractivity contribution >= 4 is 6.03 Å². The molecule has 5 heteroatoms. The number of hydrogen-bond acceptors (Lipinski definition) is 3. The second kappa shape index (κ2) is 11.8. The van der Waals surface area contributed by atoms with Gasteiger partial charge in [-0.3, -0.25) is 4.90 Å². The van der Waals surface area contributed by atoms with Crippen LogP contribution < -0.4 is 10.6 Å². The van der Waals surface area contributed by atoms with E-state index in [0.29, 0.717) is 13.1 Å². The summed E-state index contributed by atoms with van der Waals surface area (Å²) in [6.45, 7) is 1.92. The lowest BCUT2D eigenvalue weighted by atomic mass is 10.0. The quantitative estimate of drug-likeness (QED) is 0.468. The standard InChI is InChI=1S/C26H31N3O2/c1-29(20-23-10-6-3-7-11-23)24(18-22-12-14-25(30)15-13-22)19-28-26(31)27-17-16-21-8-4-2-5-9-21/h2-15,24,30H,16-20H2,1H3,(H2,27,28,31). The molecule has 0 radical (unpaired) electrons. The molecule has 0 aromatic heterocycles. The van der Waals surface area contributed by atoms with Crippen LogP contribution in [0.1, 0.15) is 16.7 Å². The maximum atomic E-state index is 12.3. The van der Waals surface area contributed by atoms with Crippen molar-refractivity contribution in [2.45, 2.75) is 25.4 Å². The van der Waals surface area contributed by atoms with E-state index < -0.39 is 0 Å². The number of amides is 2. The zero-order chi connectivity index (χ0) is 21.9. The van der Waals surface area contributed by atoms with E-state index in [2.05, 4.69) is 46.8 Å². The first kappa shape index (κ1) is 22.4. The first-order valence-corrected chi connectivity index (χ1v) is 10.7. The van der Waals surface area contributed by atoms with Crippen LogP contribution in [0.25, 0.3) is 0 Å². The van der Waals surface area contributed by atoms with E-state index in [1.165, 1.54) is 11.1 Å². The lowest BCUT2D eigenvalue weighted by Crippen LogP contribution is -2.46. The molecule has 0 aliphatic heterocycles. The molecule has 0 aliphatic carbocycles. The number of rotatable bonds is 10. The van der Waals surface area contributed by atoms with Gasteiger partial charge in [0.15, 0.2) is 0 Å². The van der Waals surface area contributed by atoms with Gasteiger partial charge in [-0.15, -0.1) is 0 Å². The number of aromatic hydroxyl groups is 1. The van der Waals surface area contributed by atoms with Crippen LogP contribution in [0.15, 0.2) is 84.9 Å². The Morgan fingerprint density at radius 1 is 0.839 bits per heavy atom. The van der Waals surface area contributed by atoms with Gasteiger partial charge in [0.25, 0.3) is 0 Å². The Bertz CT molecular complexity index is 914. The topological polar surface area (TPSA) is 64.6 Å². The average Bonchev–Trinajstić information content (AvgIpc) is 2.79. The van der Waals surface area contributed by atoms with Crippen LogP contribution >= 0.6 is 0 Å². The third-order valence-corrected chi connectivity index (χ3v) is 5.35. The Kier molecular flexibility index (Phi) is 8.49. The van der Waals surface area contributed by atoms with Gasteiger partial charge in [-0.1, -0.05) is 72.8 Å². The van der Waals surface area contributed by atoms with Gasteiger partial charge >= 0.3 is 6.03 Å². The predicted molar refractivity (Wildman–Crippen MR) is 125 cm³/mol. The summed E-state index contributed by atoms with van der Waals surface area (Å²) < 4.78 is 0. The number of urea groups is 1. The number of likely N-dealkylation sites (N-methyl/N-ethyl adjacent to an activating group) is 1. The number of carbonyl (C=O) groups excluding carboxylic acids is 1. The second-order valence-corrected chi connectivity index (χ2v) is 7.80. The van der Waals surface area contributed by atoms with Crippen LogP contribution in [-0.2, 0) is 19.4 Å². The van der Waals surface area contributed by atoms with Crippen LogP contribution in [-0.4, -0.2) is 42.2 Å².